The Kier molecular flexibility index (Phi) is 6.10. The van der Waals surface area contributed by atoms with Crippen LogP contribution in [0.2, 0.25) is 0 Å². The molecule has 0 rings (SSSR count). The van der Waals surface area contributed by atoms with Gasteiger partial charge in [-0.1, -0.05) is 20.4 Å². The Morgan fingerprint density at radius 2 is 1.94 bits per heavy atom. The normalized spacial score (nSPS) is 15.4. The van der Waals surface area contributed by atoms with Crippen LogP contribution in [-0.4, -0.2) is 50.4 Å². The van der Waals surface area contributed by atoms with Crippen molar-refractivity contribution in [3.8, 4) is 0 Å². The van der Waals surface area contributed by atoms with Crippen LogP contribution in [0.4, 0.5) is 0 Å². The van der Waals surface area contributed by atoms with E-state index < -0.39 is 13.6 Å². The van der Waals surface area contributed by atoms with Crippen molar-refractivity contribution in [3.05, 3.63) is 12.7 Å². The van der Waals surface area contributed by atoms with E-state index in [1.807, 2.05) is 21.1 Å². The topological polar surface area (TPSA) is 52.6 Å². The van der Waals surface area contributed by atoms with Gasteiger partial charge in [-0.25, -0.2) is 9.36 Å². The summed E-state index contributed by atoms with van der Waals surface area (Å²) in [5, 5.41) is 0. The van der Waals surface area contributed by atoms with Crippen molar-refractivity contribution < 1.29 is 22.9 Å². The van der Waals surface area contributed by atoms with Crippen molar-refractivity contribution in [1.29, 1.82) is 0 Å². The van der Waals surface area contributed by atoms with Gasteiger partial charge in [0.25, 0.3) is 0 Å². The Morgan fingerprint density at radius 3 is 2.29 bits per heavy atom. The SMILES string of the molecule is C=CC(=O)OP(=O)(OCC[N+](C)(C)C)C(C)C. The van der Waals surface area contributed by atoms with Gasteiger partial charge in [-0.3, -0.25) is 4.52 Å². The number of nitrogens with zero attached hydrogens (tertiary/aromatic N) is 1. The van der Waals surface area contributed by atoms with Gasteiger partial charge >= 0.3 is 13.6 Å². The molecule has 0 fully saturated rings. The van der Waals surface area contributed by atoms with Crippen LogP contribution in [0, 0.1) is 0 Å². The molecule has 0 bridgehead atoms. The first-order valence-electron chi connectivity index (χ1n) is 5.51. The highest BCUT2D eigenvalue weighted by Crippen LogP contribution is 2.52. The van der Waals surface area contributed by atoms with Crippen LogP contribution in [0.1, 0.15) is 13.8 Å². The predicted molar refractivity (Wildman–Crippen MR) is 67.9 cm³/mol. The van der Waals surface area contributed by atoms with E-state index in [0.717, 1.165) is 6.08 Å². The molecule has 6 heteroatoms. The number of rotatable bonds is 7. The standard InChI is InChI=1S/C11H23NO4P/c1-7-11(13)16-17(14,10(2)3)15-9-8-12(4,5)6/h7,10H,1,8-9H2,2-6H3/q+1. The van der Waals surface area contributed by atoms with E-state index in [1.54, 1.807) is 13.8 Å². The molecule has 17 heavy (non-hydrogen) atoms. The lowest BCUT2D eigenvalue weighted by Gasteiger charge is -2.26. The minimum absolute atomic E-state index is 0.281. The van der Waals surface area contributed by atoms with Crippen LogP contribution in [0.5, 0.6) is 0 Å². The molecule has 0 saturated carbocycles. The Bertz CT molecular complexity index is 320. The first-order chi connectivity index (χ1) is 7.60. The molecule has 1 unspecified atom stereocenters. The third kappa shape index (κ3) is 6.61. The van der Waals surface area contributed by atoms with Crippen molar-refractivity contribution >= 4 is 13.6 Å². The van der Waals surface area contributed by atoms with E-state index in [1.165, 1.54) is 0 Å². The van der Waals surface area contributed by atoms with E-state index in [0.29, 0.717) is 11.0 Å². The average Bonchev–Trinajstić information content (AvgIpc) is 2.15. The molecule has 0 spiro atoms. The zero-order valence-corrected chi connectivity index (χ0v) is 12.2. The first kappa shape index (κ1) is 16.4. The molecule has 0 amide bonds. The van der Waals surface area contributed by atoms with Crippen LogP contribution >= 0.6 is 7.60 Å². The van der Waals surface area contributed by atoms with Crippen LogP contribution < -0.4 is 0 Å². The number of hydrogen-bond donors (Lipinski definition) is 0. The Hall–Kier alpha value is -0.640. The summed E-state index contributed by atoms with van der Waals surface area (Å²) in [6, 6.07) is 0. The van der Waals surface area contributed by atoms with E-state index in [-0.39, 0.29) is 12.3 Å². The van der Waals surface area contributed by atoms with Crippen molar-refractivity contribution in [3.63, 3.8) is 0 Å². The smallest absolute Gasteiger partial charge is 0.384 e. The predicted octanol–water partition coefficient (Wildman–Crippen LogP) is 2.04. The van der Waals surface area contributed by atoms with Gasteiger partial charge in [0.1, 0.15) is 13.2 Å². The highest BCUT2D eigenvalue weighted by molar-refractivity contribution is 7.55. The van der Waals surface area contributed by atoms with Crippen LogP contribution in [0.3, 0.4) is 0 Å². The zero-order valence-electron chi connectivity index (χ0n) is 11.3. The molecule has 1 atom stereocenters. The second-order valence-electron chi connectivity index (χ2n) is 5.10. The zero-order chi connectivity index (χ0) is 13.7. The van der Waals surface area contributed by atoms with E-state index in [9.17, 15) is 9.36 Å². The minimum atomic E-state index is -3.38. The van der Waals surface area contributed by atoms with Crippen molar-refractivity contribution in [2.45, 2.75) is 19.5 Å². The molecular formula is C11H23NO4P+. The quantitative estimate of drug-likeness (QED) is 0.401. The van der Waals surface area contributed by atoms with E-state index in [4.69, 9.17) is 9.05 Å². The molecule has 0 aromatic rings. The summed E-state index contributed by atoms with van der Waals surface area (Å²) in [5.74, 6) is -0.715. The maximum atomic E-state index is 12.2. The van der Waals surface area contributed by atoms with Gasteiger partial charge in [-0.15, -0.1) is 0 Å². The fourth-order valence-corrected chi connectivity index (χ4v) is 2.11. The molecule has 5 nitrogen and oxygen atoms in total. The number of hydrogen-bond acceptors (Lipinski definition) is 4. The maximum absolute atomic E-state index is 12.2. The average molecular weight is 264 g/mol. The van der Waals surface area contributed by atoms with Gasteiger partial charge < -0.3 is 9.01 Å². The molecule has 0 N–H and O–H groups in total. The van der Waals surface area contributed by atoms with Gasteiger partial charge in [0, 0.05) is 6.08 Å². The van der Waals surface area contributed by atoms with Gasteiger partial charge in [0.05, 0.1) is 26.8 Å². The van der Waals surface area contributed by atoms with Crippen molar-refractivity contribution in [1.82, 2.24) is 0 Å². The lowest BCUT2D eigenvalue weighted by atomic mass is 10.5. The van der Waals surface area contributed by atoms with E-state index >= 15 is 0 Å². The van der Waals surface area contributed by atoms with E-state index in [2.05, 4.69) is 6.58 Å². The summed E-state index contributed by atoms with van der Waals surface area (Å²) in [7, 11) is 2.62. The van der Waals surface area contributed by atoms with Gasteiger partial charge in [0.15, 0.2) is 0 Å². The molecule has 0 saturated heterocycles. The Labute approximate surface area is 104 Å². The largest absolute Gasteiger partial charge is 0.388 e. The summed E-state index contributed by atoms with van der Waals surface area (Å²) in [6.07, 6.45) is 0.984. The number of carbonyl (C=O) groups excluding carboxylic acids is 1. The first-order valence-corrected chi connectivity index (χ1v) is 7.12. The molecule has 0 heterocycles. The molecule has 0 aliphatic rings. The second-order valence-corrected chi connectivity index (χ2v) is 7.65. The molecular weight excluding hydrogens is 241 g/mol. The highest BCUT2D eigenvalue weighted by atomic mass is 31.2. The second kappa shape index (κ2) is 6.34. The lowest BCUT2D eigenvalue weighted by Crippen LogP contribution is -2.37. The molecule has 0 aliphatic heterocycles. The van der Waals surface area contributed by atoms with Crippen molar-refractivity contribution in [2.24, 2.45) is 0 Å². The van der Waals surface area contributed by atoms with Crippen molar-refractivity contribution in [2.75, 3.05) is 34.3 Å². The van der Waals surface area contributed by atoms with Crippen LogP contribution in [0.25, 0.3) is 0 Å². The number of likely N-dealkylation sites (N-methyl/N-ethyl adjacent to an activating group) is 1. The van der Waals surface area contributed by atoms with Gasteiger partial charge in [0.2, 0.25) is 0 Å². The summed E-state index contributed by atoms with van der Waals surface area (Å²) >= 11 is 0. The molecule has 0 radical (unpaired) electrons. The molecule has 0 aromatic carbocycles. The monoisotopic (exact) mass is 264 g/mol. The number of quaternary nitrogens is 1. The fraction of sp³-hybridized carbons (Fsp3) is 0.727. The van der Waals surface area contributed by atoms with Gasteiger partial charge in [-0.2, -0.15) is 0 Å². The number of carbonyl (C=O) groups is 1. The summed E-state index contributed by atoms with van der Waals surface area (Å²) < 4.78 is 23.1. The maximum Gasteiger partial charge on any atom is 0.384 e. The molecule has 0 aromatic heterocycles. The van der Waals surface area contributed by atoms with Crippen LogP contribution in [-0.2, 0) is 18.4 Å². The minimum Gasteiger partial charge on any atom is -0.388 e. The molecule has 100 valence electrons. The summed E-state index contributed by atoms with van der Waals surface area (Å²) in [6.45, 7) is 7.63. The Balaban J connectivity index is 4.48. The summed E-state index contributed by atoms with van der Waals surface area (Å²) in [5.41, 5.74) is -0.362. The third-order valence-electron chi connectivity index (χ3n) is 2.05. The van der Waals surface area contributed by atoms with Crippen LogP contribution in [0.15, 0.2) is 12.7 Å². The third-order valence-corrected chi connectivity index (χ3v) is 4.29. The summed E-state index contributed by atoms with van der Waals surface area (Å²) in [4.78, 5) is 11.1. The Morgan fingerprint density at radius 1 is 1.41 bits per heavy atom. The fourth-order valence-electron chi connectivity index (χ4n) is 0.885. The molecule has 0 aliphatic carbocycles. The lowest BCUT2D eigenvalue weighted by molar-refractivity contribution is -0.870. The highest BCUT2D eigenvalue weighted by Gasteiger charge is 2.32. The van der Waals surface area contributed by atoms with Gasteiger partial charge in [-0.05, 0) is 0 Å².